The molecule has 0 saturated heterocycles. The molecule has 0 saturated carbocycles. The number of nitrogens with one attached hydrogen (secondary N) is 2. The van der Waals surface area contributed by atoms with E-state index in [0.29, 0.717) is 33.4 Å². The average Bonchev–Trinajstić information content (AvgIpc) is 3.45. The number of thiazole rings is 1. The Morgan fingerprint density at radius 3 is 2.76 bits per heavy atom. The van der Waals surface area contributed by atoms with E-state index in [0.717, 1.165) is 22.8 Å². The summed E-state index contributed by atoms with van der Waals surface area (Å²) in [5, 5.41) is 4.15. The first kappa shape index (κ1) is 22.0. The summed E-state index contributed by atoms with van der Waals surface area (Å²) in [6, 6.07) is 6.25. The number of hydrogen-bond donors (Lipinski definition) is 2. The van der Waals surface area contributed by atoms with Gasteiger partial charge in [-0.2, -0.15) is 13.2 Å². The van der Waals surface area contributed by atoms with Gasteiger partial charge in [-0.25, -0.2) is 19.3 Å². The van der Waals surface area contributed by atoms with Crippen LogP contribution in [-0.2, 0) is 6.18 Å². The van der Waals surface area contributed by atoms with Crippen LogP contribution in [0.1, 0.15) is 30.6 Å². The van der Waals surface area contributed by atoms with Crippen LogP contribution in [0.4, 0.5) is 23.4 Å². The molecule has 0 bridgehead atoms. The van der Waals surface area contributed by atoms with Gasteiger partial charge in [0, 0.05) is 5.38 Å². The number of H-pyrrole nitrogens is 1. The fraction of sp³-hybridized carbons (Fsp3) is 0.182. The topological polar surface area (TPSA) is 88.0 Å². The molecule has 0 amide bonds. The average molecular weight is 488 g/mol. The maximum Gasteiger partial charge on any atom is 0.432 e. The zero-order valence-electron chi connectivity index (χ0n) is 17.5. The van der Waals surface area contributed by atoms with Crippen molar-refractivity contribution < 1.29 is 17.6 Å². The lowest BCUT2D eigenvalue weighted by atomic mass is 9.94. The van der Waals surface area contributed by atoms with E-state index in [1.807, 2.05) is 6.92 Å². The first-order valence-corrected chi connectivity index (χ1v) is 11.1. The molecule has 1 unspecified atom stereocenters. The Labute approximate surface area is 193 Å². The maximum absolute atomic E-state index is 14.1. The molecule has 5 aromatic rings. The van der Waals surface area contributed by atoms with Crippen molar-refractivity contribution in [3.63, 3.8) is 0 Å². The van der Waals surface area contributed by atoms with Crippen LogP contribution in [0.5, 0.6) is 0 Å². The second kappa shape index (κ2) is 8.20. The molecule has 0 aliphatic carbocycles. The highest BCUT2D eigenvalue weighted by molar-refractivity contribution is 7.15. The monoisotopic (exact) mass is 488 g/mol. The zero-order valence-corrected chi connectivity index (χ0v) is 18.3. The third-order valence-corrected chi connectivity index (χ3v) is 6.34. The van der Waals surface area contributed by atoms with E-state index < -0.39 is 29.3 Å². The highest BCUT2D eigenvalue weighted by Gasteiger charge is 2.36. The molecule has 0 aliphatic rings. The molecule has 1 atom stereocenters. The van der Waals surface area contributed by atoms with Crippen LogP contribution in [0.3, 0.4) is 0 Å². The Morgan fingerprint density at radius 1 is 1.21 bits per heavy atom. The largest absolute Gasteiger partial charge is 0.432 e. The summed E-state index contributed by atoms with van der Waals surface area (Å²) in [5.74, 6) is -0.188. The number of pyridine rings is 1. The third-order valence-electron chi connectivity index (χ3n) is 5.46. The molecule has 0 spiro atoms. The predicted octanol–water partition coefficient (Wildman–Crippen LogP) is 5.42. The molecule has 0 aliphatic heterocycles. The molecule has 174 valence electrons. The molecule has 7 nitrogen and oxygen atoms in total. The van der Waals surface area contributed by atoms with Crippen LogP contribution in [-0.4, -0.2) is 24.3 Å². The van der Waals surface area contributed by atoms with E-state index in [4.69, 9.17) is 0 Å². The SMILES string of the molecule is CCC(Nc1ncnc2nc[nH]c12)c1cc2scc(C(F)(F)F)n2c(=O)c1-c1cccc(F)c1. The Hall–Kier alpha value is -3.80. The minimum absolute atomic E-state index is 0.0184. The highest BCUT2D eigenvalue weighted by atomic mass is 32.1. The summed E-state index contributed by atoms with van der Waals surface area (Å²) in [6.07, 6.45) is -1.47. The minimum Gasteiger partial charge on any atom is -0.361 e. The van der Waals surface area contributed by atoms with E-state index in [1.165, 1.54) is 36.9 Å². The molecule has 0 fully saturated rings. The summed E-state index contributed by atoms with van der Waals surface area (Å²) in [6.45, 7) is 1.86. The van der Waals surface area contributed by atoms with Crippen molar-refractivity contribution in [1.82, 2.24) is 24.3 Å². The lowest BCUT2D eigenvalue weighted by Crippen LogP contribution is -2.24. The minimum atomic E-state index is -4.72. The van der Waals surface area contributed by atoms with Gasteiger partial charge in [0.25, 0.3) is 5.56 Å². The van der Waals surface area contributed by atoms with Crippen LogP contribution in [0.2, 0.25) is 0 Å². The van der Waals surface area contributed by atoms with Crippen molar-refractivity contribution in [3.05, 3.63) is 75.8 Å². The fourth-order valence-electron chi connectivity index (χ4n) is 3.93. The van der Waals surface area contributed by atoms with Gasteiger partial charge in [-0.3, -0.25) is 9.20 Å². The predicted molar refractivity (Wildman–Crippen MR) is 120 cm³/mol. The molecule has 12 heteroatoms. The standard InChI is InChI=1S/C22H16F4N6OS/c1-2-14(31-20-18-19(28-9-27-18)29-10-30-20)13-7-16-32(15(8-34-16)22(24,25)26)21(33)17(13)11-4-3-5-12(23)6-11/h3-10,14H,2H2,1H3,(H2,27,28,29,30,31). The number of alkyl halides is 3. The molecule has 2 N–H and O–H groups in total. The fourth-order valence-corrected chi connectivity index (χ4v) is 4.88. The number of nitrogens with zero attached hydrogens (tertiary/aromatic N) is 4. The number of anilines is 1. The van der Waals surface area contributed by atoms with Crippen molar-refractivity contribution in [1.29, 1.82) is 0 Å². The van der Waals surface area contributed by atoms with Crippen molar-refractivity contribution in [2.45, 2.75) is 25.6 Å². The van der Waals surface area contributed by atoms with Crippen LogP contribution in [0.25, 0.3) is 27.1 Å². The molecule has 4 aromatic heterocycles. The van der Waals surface area contributed by atoms with Gasteiger partial charge in [0.1, 0.15) is 28.2 Å². The molecule has 4 heterocycles. The number of hydrogen-bond acceptors (Lipinski definition) is 6. The van der Waals surface area contributed by atoms with Gasteiger partial charge in [-0.05, 0) is 35.7 Å². The number of imidazole rings is 1. The van der Waals surface area contributed by atoms with Crippen molar-refractivity contribution in [2.24, 2.45) is 0 Å². The van der Waals surface area contributed by atoms with E-state index in [2.05, 4.69) is 25.3 Å². The van der Waals surface area contributed by atoms with E-state index in [9.17, 15) is 22.4 Å². The number of aromatic amines is 1. The van der Waals surface area contributed by atoms with E-state index >= 15 is 0 Å². The summed E-state index contributed by atoms with van der Waals surface area (Å²) < 4.78 is 55.5. The first-order chi connectivity index (χ1) is 16.3. The van der Waals surface area contributed by atoms with Gasteiger partial charge >= 0.3 is 6.18 Å². The quantitative estimate of drug-likeness (QED) is 0.323. The van der Waals surface area contributed by atoms with Gasteiger partial charge in [-0.1, -0.05) is 19.1 Å². The first-order valence-electron chi connectivity index (χ1n) is 10.2. The second-order valence-corrected chi connectivity index (χ2v) is 8.40. The summed E-state index contributed by atoms with van der Waals surface area (Å²) in [4.78, 5) is 29.0. The Kier molecular flexibility index (Phi) is 5.31. The van der Waals surface area contributed by atoms with Gasteiger partial charge < -0.3 is 10.3 Å². The Bertz CT molecular complexity index is 1570. The van der Waals surface area contributed by atoms with E-state index in [1.54, 1.807) is 0 Å². The van der Waals surface area contributed by atoms with Gasteiger partial charge in [0.2, 0.25) is 0 Å². The lowest BCUT2D eigenvalue weighted by molar-refractivity contribution is -0.141. The lowest BCUT2D eigenvalue weighted by Gasteiger charge is -2.22. The second-order valence-electron chi connectivity index (χ2n) is 7.51. The number of rotatable bonds is 5. The number of aromatic nitrogens is 5. The molecule has 34 heavy (non-hydrogen) atoms. The number of halogens is 4. The summed E-state index contributed by atoms with van der Waals surface area (Å²) in [7, 11) is 0. The van der Waals surface area contributed by atoms with Gasteiger partial charge in [0.05, 0.1) is 17.9 Å². The van der Waals surface area contributed by atoms with Gasteiger partial charge in [-0.15, -0.1) is 11.3 Å². The molecule has 0 radical (unpaired) electrons. The number of benzene rings is 1. The highest BCUT2D eigenvalue weighted by Crippen LogP contribution is 2.36. The maximum atomic E-state index is 14.1. The van der Waals surface area contributed by atoms with Crippen LogP contribution in [0, 0.1) is 5.82 Å². The summed E-state index contributed by atoms with van der Waals surface area (Å²) in [5.41, 5.74) is -0.375. The van der Waals surface area contributed by atoms with Crippen LogP contribution >= 0.6 is 11.3 Å². The Balaban J connectivity index is 1.75. The molecule has 5 rings (SSSR count). The molecule has 1 aromatic carbocycles. The van der Waals surface area contributed by atoms with Crippen molar-refractivity contribution in [3.8, 4) is 11.1 Å². The zero-order chi connectivity index (χ0) is 24.0. The van der Waals surface area contributed by atoms with E-state index in [-0.39, 0.29) is 16.0 Å². The van der Waals surface area contributed by atoms with Gasteiger partial charge in [0.15, 0.2) is 11.5 Å². The van der Waals surface area contributed by atoms with Crippen LogP contribution < -0.4 is 10.9 Å². The van der Waals surface area contributed by atoms with Crippen molar-refractivity contribution in [2.75, 3.05) is 5.32 Å². The number of fused-ring (bicyclic) bond motifs is 2. The smallest absolute Gasteiger partial charge is 0.361 e. The molecular weight excluding hydrogens is 472 g/mol. The van der Waals surface area contributed by atoms with Crippen molar-refractivity contribution >= 4 is 33.1 Å². The summed E-state index contributed by atoms with van der Waals surface area (Å²) >= 11 is 0.814. The van der Waals surface area contributed by atoms with Crippen LogP contribution in [0.15, 0.2) is 53.2 Å². The third kappa shape index (κ3) is 3.69. The Morgan fingerprint density at radius 2 is 2.03 bits per heavy atom. The normalized spacial score (nSPS) is 13.0. The molecular formula is C22H16F4N6OS.